The summed E-state index contributed by atoms with van der Waals surface area (Å²) < 4.78 is 51.5. The zero-order valence-electron chi connectivity index (χ0n) is 11.5. The first kappa shape index (κ1) is 14.8. The molecule has 1 aromatic carbocycles. The van der Waals surface area contributed by atoms with Gasteiger partial charge in [0, 0.05) is 6.04 Å². The van der Waals surface area contributed by atoms with E-state index in [-0.39, 0.29) is 6.04 Å². The zero-order valence-corrected chi connectivity index (χ0v) is 11.5. The lowest BCUT2D eigenvalue weighted by atomic mass is 9.98. The van der Waals surface area contributed by atoms with Gasteiger partial charge in [-0.3, -0.25) is 11.3 Å². The van der Waals surface area contributed by atoms with Crippen molar-refractivity contribution in [2.75, 3.05) is 0 Å². The number of benzene rings is 1. The first-order valence-corrected chi connectivity index (χ1v) is 7.26. The number of halogens is 4. The van der Waals surface area contributed by atoms with Gasteiger partial charge < -0.3 is 0 Å². The molecule has 0 heterocycles. The Balaban J connectivity index is 1.84. The van der Waals surface area contributed by atoms with Crippen LogP contribution in [0.15, 0.2) is 18.2 Å². The van der Waals surface area contributed by atoms with E-state index in [4.69, 9.17) is 5.84 Å². The molecule has 2 fully saturated rings. The highest BCUT2D eigenvalue weighted by Crippen LogP contribution is 2.60. The fourth-order valence-electron chi connectivity index (χ4n) is 3.93. The summed E-state index contributed by atoms with van der Waals surface area (Å²) >= 11 is 0. The van der Waals surface area contributed by atoms with E-state index in [1.54, 1.807) is 0 Å². The fourth-order valence-corrected chi connectivity index (χ4v) is 3.93. The molecule has 116 valence electrons. The molecular weight excluding hydrogens is 284 g/mol. The van der Waals surface area contributed by atoms with Crippen molar-refractivity contribution in [1.29, 1.82) is 0 Å². The van der Waals surface area contributed by atoms with Crippen molar-refractivity contribution in [3.8, 4) is 0 Å². The van der Waals surface area contributed by atoms with Crippen LogP contribution >= 0.6 is 0 Å². The number of fused-ring (bicyclic) bond motifs is 1. The van der Waals surface area contributed by atoms with Crippen LogP contribution in [0.1, 0.15) is 42.9 Å². The van der Waals surface area contributed by atoms with E-state index in [0.29, 0.717) is 23.3 Å². The lowest BCUT2D eigenvalue weighted by molar-refractivity contribution is -0.140. The van der Waals surface area contributed by atoms with Crippen molar-refractivity contribution in [3.05, 3.63) is 35.1 Å². The first-order chi connectivity index (χ1) is 9.93. The number of nitrogens with one attached hydrogen (secondary N) is 1. The molecule has 1 aromatic rings. The molecule has 6 heteroatoms. The van der Waals surface area contributed by atoms with E-state index in [1.807, 2.05) is 0 Å². The van der Waals surface area contributed by atoms with Crippen LogP contribution in [0, 0.1) is 23.6 Å². The summed E-state index contributed by atoms with van der Waals surface area (Å²) in [5, 5.41) is 0. The van der Waals surface area contributed by atoms with Crippen LogP contribution < -0.4 is 11.3 Å². The van der Waals surface area contributed by atoms with Gasteiger partial charge in [0.1, 0.15) is 5.82 Å². The van der Waals surface area contributed by atoms with Crippen molar-refractivity contribution in [2.45, 2.75) is 37.9 Å². The van der Waals surface area contributed by atoms with Gasteiger partial charge in [-0.1, -0.05) is 18.9 Å². The number of hydrogen-bond donors (Lipinski definition) is 2. The molecule has 3 unspecified atom stereocenters. The molecule has 21 heavy (non-hydrogen) atoms. The molecule has 3 N–H and O–H groups in total. The molecule has 0 saturated heterocycles. The zero-order chi connectivity index (χ0) is 15.2. The Morgan fingerprint density at radius 1 is 1.14 bits per heavy atom. The average molecular weight is 302 g/mol. The second-order valence-corrected chi connectivity index (χ2v) is 6.07. The normalized spacial score (nSPS) is 29.9. The van der Waals surface area contributed by atoms with Crippen molar-refractivity contribution < 1.29 is 17.6 Å². The fraction of sp³-hybridized carbons (Fsp3) is 0.600. The van der Waals surface area contributed by atoms with Crippen LogP contribution in [-0.2, 0) is 6.18 Å². The van der Waals surface area contributed by atoms with Crippen LogP contribution in [0.25, 0.3) is 0 Å². The van der Waals surface area contributed by atoms with E-state index >= 15 is 0 Å². The largest absolute Gasteiger partial charge is 0.419 e. The molecule has 3 atom stereocenters. The van der Waals surface area contributed by atoms with Crippen LogP contribution in [0.2, 0.25) is 0 Å². The SMILES string of the molecule is NNC(c1ccc(C(F)(F)F)c(F)c1)C1C2CCCCC21. The second kappa shape index (κ2) is 5.25. The van der Waals surface area contributed by atoms with Gasteiger partial charge in [0.15, 0.2) is 0 Å². The third kappa shape index (κ3) is 2.66. The minimum atomic E-state index is -4.66. The summed E-state index contributed by atoms with van der Waals surface area (Å²) in [6.45, 7) is 0. The summed E-state index contributed by atoms with van der Waals surface area (Å²) in [6.07, 6.45) is -0.0122. The second-order valence-electron chi connectivity index (χ2n) is 6.07. The van der Waals surface area contributed by atoms with E-state index < -0.39 is 17.6 Å². The van der Waals surface area contributed by atoms with Crippen molar-refractivity contribution in [2.24, 2.45) is 23.6 Å². The highest BCUT2D eigenvalue weighted by Gasteiger charge is 2.54. The van der Waals surface area contributed by atoms with Gasteiger partial charge >= 0.3 is 6.18 Å². The first-order valence-electron chi connectivity index (χ1n) is 7.26. The molecule has 0 amide bonds. The molecule has 0 bridgehead atoms. The Kier molecular flexibility index (Phi) is 3.69. The lowest BCUT2D eigenvalue weighted by Crippen LogP contribution is -2.30. The van der Waals surface area contributed by atoms with Gasteiger partial charge in [0.2, 0.25) is 0 Å². The van der Waals surface area contributed by atoms with E-state index in [2.05, 4.69) is 5.43 Å². The number of nitrogens with two attached hydrogens (primary N) is 1. The van der Waals surface area contributed by atoms with Crippen LogP contribution in [0.5, 0.6) is 0 Å². The Morgan fingerprint density at radius 3 is 2.24 bits per heavy atom. The molecule has 3 rings (SSSR count). The van der Waals surface area contributed by atoms with Gasteiger partial charge in [-0.15, -0.1) is 0 Å². The molecule has 2 aliphatic rings. The number of alkyl halides is 3. The lowest BCUT2D eigenvalue weighted by Gasteiger charge is -2.18. The summed E-state index contributed by atoms with van der Waals surface area (Å²) in [6, 6.07) is 2.84. The van der Waals surface area contributed by atoms with Gasteiger partial charge in [0.25, 0.3) is 0 Å². The van der Waals surface area contributed by atoms with Crippen LogP contribution in [0.4, 0.5) is 17.6 Å². The van der Waals surface area contributed by atoms with Gasteiger partial charge in [-0.25, -0.2) is 4.39 Å². The van der Waals surface area contributed by atoms with Crippen LogP contribution in [0.3, 0.4) is 0 Å². The monoisotopic (exact) mass is 302 g/mol. The summed E-state index contributed by atoms with van der Waals surface area (Å²) in [5.41, 5.74) is 1.95. The van der Waals surface area contributed by atoms with Crippen LogP contribution in [-0.4, -0.2) is 0 Å². The maximum absolute atomic E-state index is 13.7. The summed E-state index contributed by atoms with van der Waals surface area (Å²) in [5.74, 6) is 5.81. The van der Waals surface area contributed by atoms with E-state index in [9.17, 15) is 17.6 Å². The van der Waals surface area contributed by atoms with Gasteiger partial charge in [0.05, 0.1) is 5.56 Å². The van der Waals surface area contributed by atoms with Crippen molar-refractivity contribution >= 4 is 0 Å². The standard InChI is InChI=1S/C15H18F4N2/c16-12-7-8(5-6-11(12)15(17,18)19)14(21-20)13-9-3-1-2-4-10(9)13/h5-7,9-10,13-14,21H,1-4,20H2. The molecule has 0 aromatic heterocycles. The predicted octanol–water partition coefficient (Wildman–Crippen LogP) is 3.79. The maximum Gasteiger partial charge on any atom is 0.419 e. The maximum atomic E-state index is 13.7. The Labute approximate surface area is 120 Å². The molecule has 2 aliphatic carbocycles. The van der Waals surface area contributed by atoms with Gasteiger partial charge in [-0.05, 0) is 48.3 Å². The molecule has 2 nitrogen and oxygen atoms in total. The average Bonchev–Trinajstić information content (AvgIpc) is 3.13. The van der Waals surface area contributed by atoms with Gasteiger partial charge in [-0.2, -0.15) is 13.2 Å². The molecule has 0 radical (unpaired) electrons. The van der Waals surface area contributed by atoms with Crippen molar-refractivity contribution in [3.63, 3.8) is 0 Å². The third-order valence-corrected chi connectivity index (χ3v) is 4.94. The molecular formula is C15H18F4N2. The Bertz CT molecular complexity index is 517. The van der Waals surface area contributed by atoms with Crippen molar-refractivity contribution in [1.82, 2.24) is 5.43 Å². The highest BCUT2D eigenvalue weighted by molar-refractivity contribution is 5.30. The summed E-state index contributed by atoms with van der Waals surface area (Å²) in [4.78, 5) is 0. The summed E-state index contributed by atoms with van der Waals surface area (Å²) in [7, 11) is 0. The smallest absolute Gasteiger partial charge is 0.271 e. The topological polar surface area (TPSA) is 38.0 Å². The highest BCUT2D eigenvalue weighted by atomic mass is 19.4. The van der Waals surface area contributed by atoms with E-state index in [0.717, 1.165) is 25.0 Å². The number of hydrazine groups is 1. The molecule has 0 aliphatic heterocycles. The quantitative estimate of drug-likeness (QED) is 0.506. The Morgan fingerprint density at radius 2 is 1.76 bits per heavy atom. The minimum Gasteiger partial charge on any atom is -0.271 e. The number of rotatable bonds is 3. The predicted molar refractivity (Wildman–Crippen MR) is 70.4 cm³/mol. The van der Waals surface area contributed by atoms with E-state index in [1.165, 1.54) is 18.9 Å². The minimum absolute atomic E-state index is 0.269. The number of hydrogen-bond acceptors (Lipinski definition) is 2. The third-order valence-electron chi connectivity index (χ3n) is 4.94. The molecule has 2 saturated carbocycles. The molecule has 0 spiro atoms. The Hall–Kier alpha value is -1.14.